The van der Waals surface area contributed by atoms with Gasteiger partial charge in [-0.15, -0.1) is 0 Å². The molecule has 0 aromatic rings. The fourth-order valence-corrected chi connectivity index (χ4v) is 2.43. The predicted octanol–water partition coefficient (Wildman–Crippen LogP) is 2.27. The second-order valence-corrected chi connectivity index (χ2v) is 5.95. The van der Waals surface area contributed by atoms with Crippen LogP contribution < -0.4 is 5.32 Å². The molecule has 0 radical (unpaired) electrons. The van der Waals surface area contributed by atoms with Crippen LogP contribution in [0.1, 0.15) is 47.0 Å². The maximum Gasteiger partial charge on any atom is 0.223 e. The second-order valence-electron chi connectivity index (χ2n) is 5.95. The largest absolute Gasteiger partial charge is 0.340 e. The van der Waals surface area contributed by atoms with Crippen LogP contribution in [0.25, 0.3) is 0 Å². The maximum absolute atomic E-state index is 12.2. The summed E-state index contributed by atoms with van der Waals surface area (Å²) in [4.78, 5) is 14.2. The zero-order valence-corrected chi connectivity index (χ0v) is 11.8. The number of nitrogens with one attached hydrogen (secondary N) is 1. The molecule has 0 aromatic heterocycles. The molecular weight excluding hydrogens is 212 g/mol. The number of hydrogen-bond acceptors (Lipinski definition) is 2. The Hall–Kier alpha value is -0.570. The van der Waals surface area contributed by atoms with Crippen LogP contribution in [0.4, 0.5) is 0 Å². The van der Waals surface area contributed by atoms with Crippen molar-refractivity contribution in [3.05, 3.63) is 0 Å². The molecule has 1 fully saturated rings. The minimum atomic E-state index is 0.320. The molecule has 1 atom stereocenters. The quantitative estimate of drug-likeness (QED) is 0.799. The first-order valence-corrected chi connectivity index (χ1v) is 7.01. The summed E-state index contributed by atoms with van der Waals surface area (Å²) in [6.07, 6.45) is 3.18. The summed E-state index contributed by atoms with van der Waals surface area (Å²) < 4.78 is 0. The van der Waals surface area contributed by atoms with Gasteiger partial charge in [0.15, 0.2) is 0 Å². The van der Waals surface area contributed by atoms with Gasteiger partial charge in [0.2, 0.25) is 5.91 Å². The maximum atomic E-state index is 12.2. The smallest absolute Gasteiger partial charge is 0.223 e. The zero-order chi connectivity index (χ0) is 12.8. The fourth-order valence-electron chi connectivity index (χ4n) is 2.43. The van der Waals surface area contributed by atoms with Gasteiger partial charge >= 0.3 is 0 Å². The molecule has 0 aromatic carbocycles. The lowest BCUT2D eigenvalue weighted by Gasteiger charge is -2.33. The van der Waals surface area contributed by atoms with Crippen LogP contribution in [-0.2, 0) is 4.79 Å². The van der Waals surface area contributed by atoms with E-state index in [1.807, 2.05) is 0 Å². The number of carbonyl (C=O) groups excluding carboxylic acids is 1. The first kappa shape index (κ1) is 14.5. The summed E-state index contributed by atoms with van der Waals surface area (Å²) in [6.45, 7) is 11.6. The van der Waals surface area contributed by atoms with Crippen molar-refractivity contribution in [3.8, 4) is 0 Å². The lowest BCUT2D eigenvalue weighted by Crippen LogP contribution is -2.44. The van der Waals surface area contributed by atoms with E-state index in [4.69, 9.17) is 0 Å². The summed E-state index contributed by atoms with van der Waals surface area (Å²) in [5.74, 6) is 1.41. The molecule has 1 unspecified atom stereocenters. The molecule has 0 spiro atoms. The molecule has 1 N–H and O–H groups in total. The number of piperidine rings is 1. The van der Waals surface area contributed by atoms with Gasteiger partial charge < -0.3 is 10.2 Å². The van der Waals surface area contributed by atoms with Crippen molar-refractivity contribution in [2.45, 2.75) is 53.0 Å². The van der Waals surface area contributed by atoms with Gasteiger partial charge in [-0.1, -0.05) is 13.8 Å². The van der Waals surface area contributed by atoms with E-state index < -0.39 is 0 Å². The first-order chi connectivity index (χ1) is 8.00. The standard InChI is InChI=1S/C14H28N2O/c1-11(2)8-14(17)16(12(3)4)10-13-6-5-7-15-9-13/h11-13,15H,5-10H2,1-4H3. The van der Waals surface area contributed by atoms with E-state index in [-0.39, 0.29) is 0 Å². The highest BCUT2D eigenvalue weighted by molar-refractivity contribution is 5.76. The third-order valence-electron chi connectivity index (χ3n) is 3.38. The summed E-state index contributed by atoms with van der Waals surface area (Å²) in [7, 11) is 0. The highest BCUT2D eigenvalue weighted by Gasteiger charge is 2.23. The summed E-state index contributed by atoms with van der Waals surface area (Å²) in [5, 5.41) is 3.42. The lowest BCUT2D eigenvalue weighted by atomic mass is 9.98. The van der Waals surface area contributed by atoms with Crippen LogP contribution in [0.3, 0.4) is 0 Å². The van der Waals surface area contributed by atoms with Crippen molar-refractivity contribution in [1.82, 2.24) is 10.2 Å². The SMILES string of the molecule is CC(C)CC(=O)N(CC1CCCNC1)C(C)C. The van der Waals surface area contributed by atoms with Crippen LogP contribution in [-0.4, -0.2) is 36.5 Å². The molecule has 0 bridgehead atoms. The molecule has 17 heavy (non-hydrogen) atoms. The lowest BCUT2D eigenvalue weighted by molar-refractivity contribution is -0.134. The minimum absolute atomic E-state index is 0.320. The van der Waals surface area contributed by atoms with Gasteiger partial charge in [0.05, 0.1) is 0 Å². The molecule has 0 aliphatic carbocycles. The zero-order valence-electron chi connectivity index (χ0n) is 11.8. The minimum Gasteiger partial charge on any atom is -0.340 e. The number of amides is 1. The monoisotopic (exact) mass is 240 g/mol. The third kappa shape index (κ3) is 5.07. The average molecular weight is 240 g/mol. The number of carbonyl (C=O) groups is 1. The van der Waals surface area contributed by atoms with E-state index in [0.717, 1.165) is 19.6 Å². The molecule has 100 valence electrons. The van der Waals surface area contributed by atoms with Crippen LogP contribution in [0.15, 0.2) is 0 Å². The van der Waals surface area contributed by atoms with E-state index >= 15 is 0 Å². The van der Waals surface area contributed by atoms with E-state index in [0.29, 0.717) is 30.2 Å². The Bertz CT molecular complexity index is 232. The van der Waals surface area contributed by atoms with Crippen molar-refractivity contribution < 1.29 is 4.79 Å². The van der Waals surface area contributed by atoms with Crippen molar-refractivity contribution in [2.24, 2.45) is 11.8 Å². The van der Waals surface area contributed by atoms with Crippen LogP contribution in [0.5, 0.6) is 0 Å². The normalized spacial score (nSPS) is 20.9. The van der Waals surface area contributed by atoms with Crippen LogP contribution in [0, 0.1) is 11.8 Å². The van der Waals surface area contributed by atoms with Gasteiger partial charge in [0, 0.05) is 19.0 Å². The first-order valence-electron chi connectivity index (χ1n) is 7.01. The van der Waals surface area contributed by atoms with Gasteiger partial charge in [-0.2, -0.15) is 0 Å². The van der Waals surface area contributed by atoms with Crippen LogP contribution >= 0.6 is 0 Å². The topological polar surface area (TPSA) is 32.3 Å². The second kappa shape index (κ2) is 7.00. The van der Waals surface area contributed by atoms with Crippen LogP contribution in [0.2, 0.25) is 0 Å². The van der Waals surface area contributed by atoms with Crippen molar-refractivity contribution in [2.75, 3.05) is 19.6 Å². The molecule has 1 heterocycles. The Kier molecular flexibility index (Phi) is 5.96. The highest BCUT2D eigenvalue weighted by Crippen LogP contribution is 2.15. The van der Waals surface area contributed by atoms with Crippen molar-refractivity contribution in [1.29, 1.82) is 0 Å². The Balaban J connectivity index is 2.49. The molecule has 3 nitrogen and oxygen atoms in total. The third-order valence-corrected chi connectivity index (χ3v) is 3.38. The summed E-state index contributed by atoms with van der Waals surface area (Å²) in [5.41, 5.74) is 0. The molecule has 1 saturated heterocycles. The van der Waals surface area contributed by atoms with Crippen molar-refractivity contribution >= 4 is 5.91 Å². The van der Waals surface area contributed by atoms with Gasteiger partial charge in [-0.05, 0) is 51.6 Å². The predicted molar refractivity (Wildman–Crippen MR) is 71.9 cm³/mol. The Morgan fingerprint density at radius 1 is 1.35 bits per heavy atom. The Morgan fingerprint density at radius 2 is 2.06 bits per heavy atom. The molecule has 3 heteroatoms. The van der Waals surface area contributed by atoms with Gasteiger partial charge in [0.1, 0.15) is 0 Å². The van der Waals surface area contributed by atoms with Gasteiger partial charge in [-0.3, -0.25) is 4.79 Å². The molecule has 1 aliphatic heterocycles. The van der Waals surface area contributed by atoms with E-state index in [1.54, 1.807) is 0 Å². The van der Waals surface area contributed by atoms with E-state index in [2.05, 4.69) is 37.9 Å². The highest BCUT2D eigenvalue weighted by atomic mass is 16.2. The van der Waals surface area contributed by atoms with E-state index in [9.17, 15) is 4.79 Å². The Labute approximate surface area is 106 Å². The number of rotatable bonds is 5. The summed E-state index contributed by atoms with van der Waals surface area (Å²) in [6, 6.07) is 0.322. The van der Waals surface area contributed by atoms with Gasteiger partial charge in [-0.25, -0.2) is 0 Å². The average Bonchev–Trinajstić information content (AvgIpc) is 2.25. The number of hydrogen-bond donors (Lipinski definition) is 1. The Morgan fingerprint density at radius 3 is 2.53 bits per heavy atom. The fraction of sp³-hybridized carbons (Fsp3) is 0.929. The van der Waals surface area contributed by atoms with E-state index in [1.165, 1.54) is 12.8 Å². The molecule has 1 aliphatic rings. The summed E-state index contributed by atoms with van der Waals surface area (Å²) >= 11 is 0. The molecule has 1 rings (SSSR count). The van der Waals surface area contributed by atoms with Gasteiger partial charge in [0.25, 0.3) is 0 Å². The molecule has 0 saturated carbocycles. The number of nitrogens with zero attached hydrogens (tertiary/aromatic N) is 1. The van der Waals surface area contributed by atoms with Crippen molar-refractivity contribution in [3.63, 3.8) is 0 Å². The molecule has 1 amide bonds. The molecular formula is C14H28N2O.